The Labute approximate surface area is 123 Å². The molecule has 1 amide bonds. The Morgan fingerprint density at radius 3 is 2.50 bits per heavy atom. The SMILES string of the molecule is CCCN(CCO)C(=O)c1ccc(Br)cc1C(F)(F)F. The van der Waals surface area contributed by atoms with Gasteiger partial charge in [-0.3, -0.25) is 4.79 Å². The smallest absolute Gasteiger partial charge is 0.395 e. The maximum absolute atomic E-state index is 13.0. The summed E-state index contributed by atoms with van der Waals surface area (Å²) >= 11 is 2.97. The minimum atomic E-state index is -4.61. The van der Waals surface area contributed by atoms with Crippen molar-refractivity contribution in [3.63, 3.8) is 0 Å². The van der Waals surface area contributed by atoms with Gasteiger partial charge >= 0.3 is 6.18 Å². The summed E-state index contributed by atoms with van der Waals surface area (Å²) in [5, 5.41) is 8.91. The van der Waals surface area contributed by atoms with Gasteiger partial charge in [-0.15, -0.1) is 0 Å². The molecule has 1 N–H and O–H groups in total. The van der Waals surface area contributed by atoms with Crippen LogP contribution in [0.25, 0.3) is 0 Å². The molecule has 0 saturated heterocycles. The van der Waals surface area contributed by atoms with E-state index in [2.05, 4.69) is 15.9 Å². The molecule has 1 aromatic rings. The van der Waals surface area contributed by atoms with Gasteiger partial charge in [0, 0.05) is 17.6 Å². The number of benzene rings is 1. The minimum Gasteiger partial charge on any atom is -0.395 e. The van der Waals surface area contributed by atoms with Gasteiger partial charge in [0.15, 0.2) is 0 Å². The van der Waals surface area contributed by atoms with Crippen LogP contribution in [0.5, 0.6) is 0 Å². The second-order valence-electron chi connectivity index (χ2n) is 4.20. The van der Waals surface area contributed by atoms with Gasteiger partial charge in [0.1, 0.15) is 0 Å². The molecule has 112 valence electrons. The van der Waals surface area contributed by atoms with Crippen LogP contribution in [-0.2, 0) is 6.18 Å². The number of carbonyl (C=O) groups excluding carboxylic acids is 1. The molecule has 0 aliphatic rings. The number of hydrogen-bond acceptors (Lipinski definition) is 2. The molecule has 0 bridgehead atoms. The number of carbonyl (C=O) groups is 1. The van der Waals surface area contributed by atoms with Gasteiger partial charge in [-0.2, -0.15) is 13.2 Å². The van der Waals surface area contributed by atoms with Crippen molar-refractivity contribution in [2.75, 3.05) is 19.7 Å². The lowest BCUT2D eigenvalue weighted by Crippen LogP contribution is -2.35. The second-order valence-corrected chi connectivity index (χ2v) is 5.12. The van der Waals surface area contributed by atoms with Crippen molar-refractivity contribution in [2.45, 2.75) is 19.5 Å². The average molecular weight is 354 g/mol. The first-order valence-corrected chi connectivity index (χ1v) is 6.87. The normalized spacial score (nSPS) is 11.5. The lowest BCUT2D eigenvalue weighted by atomic mass is 10.1. The van der Waals surface area contributed by atoms with Crippen LogP contribution in [0.3, 0.4) is 0 Å². The lowest BCUT2D eigenvalue weighted by molar-refractivity contribution is -0.138. The molecular weight excluding hydrogens is 339 g/mol. The molecule has 0 radical (unpaired) electrons. The van der Waals surface area contributed by atoms with E-state index in [0.29, 0.717) is 13.0 Å². The first-order chi connectivity index (χ1) is 9.31. The highest BCUT2D eigenvalue weighted by Gasteiger charge is 2.36. The van der Waals surface area contributed by atoms with Gasteiger partial charge in [0.2, 0.25) is 0 Å². The molecule has 0 spiro atoms. The van der Waals surface area contributed by atoms with Crippen LogP contribution in [0.2, 0.25) is 0 Å². The molecule has 0 aromatic heterocycles. The predicted octanol–water partition coefficient (Wildman–Crippen LogP) is 3.31. The van der Waals surface area contributed by atoms with Crippen LogP contribution in [0, 0.1) is 0 Å². The Kier molecular flexibility index (Phi) is 6.01. The number of aliphatic hydroxyl groups excluding tert-OH is 1. The lowest BCUT2D eigenvalue weighted by Gasteiger charge is -2.23. The number of alkyl halides is 3. The molecular formula is C13H15BrF3NO2. The van der Waals surface area contributed by atoms with E-state index in [1.165, 1.54) is 11.0 Å². The van der Waals surface area contributed by atoms with Crippen molar-refractivity contribution >= 4 is 21.8 Å². The van der Waals surface area contributed by atoms with Crippen LogP contribution >= 0.6 is 15.9 Å². The largest absolute Gasteiger partial charge is 0.417 e. The predicted molar refractivity (Wildman–Crippen MR) is 72.4 cm³/mol. The number of nitrogens with zero attached hydrogens (tertiary/aromatic N) is 1. The van der Waals surface area contributed by atoms with Crippen LogP contribution in [-0.4, -0.2) is 35.6 Å². The third-order valence-electron chi connectivity index (χ3n) is 2.67. The zero-order valence-electron chi connectivity index (χ0n) is 10.9. The quantitative estimate of drug-likeness (QED) is 0.882. The van der Waals surface area contributed by atoms with Crippen molar-refractivity contribution in [3.8, 4) is 0 Å². The zero-order chi connectivity index (χ0) is 15.3. The summed E-state index contributed by atoms with van der Waals surface area (Å²) in [6, 6.07) is 3.43. The van der Waals surface area contributed by atoms with E-state index in [4.69, 9.17) is 5.11 Å². The summed E-state index contributed by atoms with van der Waals surface area (Å²) in [4.78, 5) is 13.4. The first kappa shape index (κ1) is 17.0. The summed E-state index contributed by atoms with van der Waals surface area (Å²) in [6.07, 6.45) is -4.00. The standard InChI is InChI=1S/C13H15BrF3NO2/c1-2-5-18(6-7-19)12(20)10-4-3-9(14)8-11(10)13(15,16)17/h3-4,8,19H,2,5-7H2,1H3. The fourth-order valence-electron chi connectivity index (χ4n) is 1.81. The first-order valence-electron chi connectivity index (χ1n) is 6.08. The number of rotatable bonds is 5. The third-order valence-corrected chi connectivity index (χ3v) is 3.16. The Bertz CT molecular complexity index is 471. The molecule has 20 heavy (non-hydrogen) atoms. The average Bonchev–Trinajstić information content (AvgIpc) is 2.36. The number of amides is 1. The van der Waals surface area contributed by atoms with Gasteiger partial charge in [0.05, 0.1) is 17.7 Å². The molecule has 0 fully saturated rings. The van der Waals surface area contributed by atoms with Gasteiger partial charge in [-0.05, 0) is 24.6 Å². The van der Waals surface area contributed by atoms with E-state index in [1.807, 2.05) is 6.92 Å². The van der Waals surface area contributed by atoms with Crippen LogP contribution in [0.15, 0.2) is 22.7 Å². The van der Waals surface area contributed by atoms with Crippen LogP contribution < -0.4 is 0 Å². The minimum absolute atomic E-state index is 0.0139. The van der Waals surface area contributed by atoms with E-state index in [1.54, 1.807) is 0 Å². The molecule has 3 nitrogen and oxygen atoms in total. The topological polar surface area (TPSA) is 40.5 Å². The zero-order valence-corrected chi connectivity index (χ0v) is 12.5. The molecule has 1 rings (SSSR count). The Balaban J connectivity index is 3.20. The summed E-state index contributed by atoms with van der Waals surface area (Å²) in [7, 11) is 0. The molecule has 1 aromatic carbocycles. The van der Waals surface area contributed by atoms with E-state index in [-0.39, 0.29) is 17.6 Å². The highest BCUT2D eigenvalue weighted by atomic mass is 79.9. The highest BCUT2D eigenvalue weighted by Crippen LogP contribution is 2.34. The third kappa shape index (κ3) is 4.21. The monoisotopic (exact) mass is 353 g/mol. The van der Waals surface area contributed by atoms with Crippen LogP contribution in [0.1, 0.15) is 29.3 Å². The molecule has 0 atom stereocenters. The van der Waals surface area contributed by atoms with Crippen molar-refractivity contribution in [2.24, 2.45) is 0 Å². The summed E-state index contributed by atoms with van der Waals surface area (Å²) in [5.74, 6) is -0.722. The van der Waals surface area contributed by atoms with Gasteiger partial charge < -0.3 is 10.0 Å². The molecule has 0 aliphatic carbocycles. The Morgan fingerprint density at radius 1 is 1.35 bits per heavy atom. The molecule has 0 heterocycles. The molecule has 7 heteroatoms. The summed E-state index contributed by atoms with van der Waals surface area (Å²) in [5.41, 5.74) is -1.38. The van der Waals surface area contributed by atoms with E-state index < -0.39 is 23.2 Å². The van der Waals surface area contributed by atoms with E-state index in [0.717, 1.165) is 12.1 Å². The second kappa shape index (κ2) is 7.08. The van der Waals surface area contributed by atoms with Gasteiger partial charge in [-0.25, -0.2) is 0 Å². The van der Waals surface area contributed by atoms with Gasteiger partial charge in [-0.1, -0.05) is 22.9 Å². The van der Waals surface area contributed by atoms with Crippen molar-refractivity contribution < 1.29 is 23.1 Å². The molecule has 0 saturated carbocycles. The fourth-order valence-corrected chi connectivity index (χ4v) is 2.17. The number of halogens is 4. The van der Waals surface area contributed by atoms with E-state index in [9.17, 15) is 18.0 Å². The van der Waals surface area contributed by atoms with E-state index >= 15 is 0 Å². The Hall–Kier alpha value is -1.08. The van der Waals surface area contributed by atoms with Crippen molar-refractivity contribution in [1.82, 2.24) is 4.90 Å². The Morgan fingerprint density at radius 2 is 2.00 bits per heavy atom. The molecule has 0 unspecified atom stereocenters. The maximum atomic E-state index is 13.0. The van der Waals surface area contributed by atoms with Gasteiger partial charge in [0.25, 0.3) is 5.91 Å². The molecule has 0 aliphatic heterocycles. The highest BCUT2D eigenvalue weighted by molar-refractivity contribution is 9.10. The summed E-state index contributed by atoms with van der Waals surface area (Å²) in [6.45, 7) is 1.83. The van der Waals surface area contributed by atoms with Crippen molar-refractivity contribution in [3.05, 3.63) is 33.8 Å². The number of hydrogen-bond donors (Lipinski definition) is 1. The van der Waals surface area contributed by atoms with Crippen molar-refractivity contribution in [1.29, 1.82) is 0 Å². The summed E-state index contributed by atoms with van der Waals surface area (Å²) < 4.78 is 39.2. The maximum Gasteiger partial charge on any atom is 0.417 e. The van der Waals surface area contributed by atoms with Crippen LogP contribution in [0.4, 0.5) is 13.2 Å². The fraction of sp³-hybridized carbons (Fsp3) is 0.462. The number of aliphatic hydroxyl groups is 1.